The minimum absolute atomic E-state index is 0.322. The van der Waals surface area contributed by atoms with Crippen LogP contribution < -0.4 is 5.73 Å². The van der Waals surface area contributed by atoms with E-state index in [9.17, 15) is 0 Å². The van der Waals surface area contributed by atoms with Gasteiger partial charge in [-0.1, -0.05) is 16.8 Å². The molecule has 0 atom stereocenters. The van der Waals surface area contributed by atoms with Crippen molar-refractivity contribution in [1.82, 2.24) is 20.1 Å². The Labute approximate surface area is 113 Å². The van der Waals surface area contributed by atoms with Crippen molar-refractivity contribution in [3.63, 3.8) is 0 Å². The van der Waals surface area contributed by atoms with E-state index < -0.39 is 0 Å². The molecule has 19 heavy (non-hydrogen) atoms. The number of nitrogen functional groups attached to an aromatic ring is 1. The number of rotatable bonds is 2. The second-order valence-electron chi connectivity index (χ2n) is 3.75. The van der Waals surface area contributed by atoms with Gasteiger partial charge < -0.3 is 10.3 Å². The van der Waals surface area contributed by atoms with E-state index in [4.69, 9.17) is 21.9 Å². The summed E-state index contributed by atoms with van der Waals surface area (Å²) in [6.07, 6.45) is 3.02. The molecule has 3 aromatic rings. The summed E-state index contributed by atoms with van der Waals surface area (Å²) in [7, 11) is 0. The molecule has 0 saturated carbocycles. The smallest absolute Gasteiger partial charge is 0.260 e. The van der Waals surface area contributed by atoms with E-state index >= 15 is 0 Å². The van der Waals surface area contributed by atoms with E-state index in [1.165, 1.54) is 6.33 Å². The normalized spacial score (nSPS) is 10.6. The van der Waals surface area contributed by atoms with Gasteiger partial charge in [-0.25, -0.2) is 9.97 Å². The lowest BCUT2D eigenvalue weighted by Gasteiger charge is -1.99. The lowest BCUT2D eigenvalue weighted by molar-refractivity contribution is 0.432. The highest BCUT2D eigenvalue weighted by atomic mass is 35.5. The van der Waals surface area contributed by atoms with Crippen LogP contribution in [0.3, 0.4) is 0 Å². The number of aromatic nitrogens is 4. The van der Waals surface area contributed by atoms with E-state index in [1.54, 1.807) is 30.5 Å². The Bertz CT molecular complexity index is 713. The van der Waals surface area contributed by atoms with Gasteiger partial charge in [0, 0.05) is 16.9 Å². The van der Waals surface area contributed by atoms with E-state index in [2.05, 4.69) is 20.1 Å². The number of anilines is 1. The average Bonchev–Trinajstić information content (AvgIpc) is 2.89. The van der Waals surface area contributed by atoms with Gasteiger partial charge >= 0.3 is 0 Å². The Morgan fingerprint density at radius 3 is 2.84 bits per heavy atom. The van der Waals surface area contributed by atoms with E-state index in [0.29, 0.717) is 33.7 Å². The highest BCUT2D eigenvalue weighted by Crippen LogP contribution is 2.28. The van der Waals surface area contributed by atoms with Crippen LogP contribution >= 0.6 is 11.6 Å². The average molecular weight is 274 g/mol. The fourth-order valence-corrected chi connectivity index (χ4v) is 1.77. The summed E-state index contributed by atoms with van der Waals surface area (Å²) in [6.45, 7) is 0. The molecule has 0 radical (unpaired) electrons. The van der Waals surface area contributed by atoms with E-state index in [1.807, 2.05) is 0 Å². The second-order valence-corrected chi connectivity index (χ2v) is 4.19. The van der Waals surface area contributed by atoms with Gasteiger partial charge in [0.1, 0.15) is 12.0 Å². The molecule has 2 heterocycles. The van der Waals surface area contributed by atoms with Crippen LogP contribution in [0.1, 0.15) is 0 Å². The fraction of sp³-hybridized carbons (Fsp3) is 0. The maximum Gasteiger partial charge on any atom is 0.260 e. The fourth-order valence-electron chi connectivity index (χ4n) is 1.59. The third-order valence-corrected chi connectivity index (χ3v) is 2.72. The first-order chi connectivity index (χ1) is 9.24. The van der Waals surface area contributed by atoms with Crippen molar-refractivity contribution >= 4 is 17.3 Å². The molecule has 94 valence electrons. The molecule has 0 saturated heterocycles. The molecule has 0 bridgehead atoms. The first-order valence-electron chi connectivity index (χ1n) is 5.39. The molecule has 0 aliphatic rings. The van der Waals surface area contributed by atoms with Crippen molar-refractivity contribution < 1.29 is 4.52 Å². The molecule has 7 heteroatoms. The Balaban J connectivity index is 2.02. The SMILES string of the molecule is Nc1cc(Cl)ccc1-c1nc(-c2ccncn2)no1. The molecule has 0 spiro atoms. The molecule has 0 fully saturated rings. The van der Waals surface area contributed by atoms with Gasteiger partial charge in [-0.05, 0) is 24.3 Å². The van der Waals surface area contributed by atoms with Crippen LogP contribution in [0.2, 0.25) is 5.02 Å². The third-order valence-electron chi connectivity index (χ3n) is 2.48. The molecular weight excluding hydrogens is 266 g/mol. The molecule has 0 aliphatic carbocycles. The number of hydrogen-bond acceptors (Lipinski definition) is 6. The number of nitrogens with zero attached hydrogens (tertiary/aromatic N) is 4. The molecule has 3 rings (SSSR count). The number of hydrogen-bond donors (Lipinski definition) is 1. The van der Waals surface area contributed by atoms with E-state index in [0.717, 1.165) is 0 Å². The first-order valence-corrected chi connectivity index (χ1v) is 5.77. The van der Waals surface area contributed by atoms with Crippen molar-refractivity contribution in [2.45, 2.75) is 0 Å². The summed E-state index contributed by atoms with van der Waals surface area (Å²) in [5.74, 6) is 0.703. The molecule has 0 amide bonds. The number of nitrogens with two attached hydrogens (primary N) is 1. The van der Waals surface area contributed by atoms with Crippen LogP contribution in [-0.2, 0) is 0 Å². The molecule has 0 unspecified atom stereocenters. The molecule has 1 aromatic carbocycles. The monoisotopic (exact) mass is 273 g/mol. The minimum atomic E-state index is 0.322. The summed E-state index contributed by atoms with van der Waals surface area (Å²) < 4.78 is 5.18. The maximum absolute atomic E-state index is 5.86. The van der Waals surface area contributed by atoms with Crippen molar-refractivity contribution in [3.05, 3.63) is 41.8 Å². The summed E-state index contributed by atoms with van der Waals surface area (Å²) in [5, 5.41) is 4.41. The number of benzene rings is 1. The standard InChI is InChI=1S/C12H8ClN5O/c13-7-1-2-8(9(14)5-7)12-17-11(18-19-12)10-3-4-15-6-16-10/h1-6H,14H2. The van der Waals surface area contributed by atoms with E-state index in [-0.39, 0.29) is 0 Å². The molecule has 0 aliphatic heterocycles. The van der Waals surface area contributed by atoms with Gasteiger partial charge in [0.25, 0.3) is 5.89 Å². The lowest BCUT2D eigenvalue weighted by atomic mass is 10.2. The largest absolute Gasteiger partial charge is 0.398 e. The molecule has 6 nitrogen and oxygen atoms in total. The zero-order chi connectivity index (χ0) is 13.2. The second kappa shape index (κ2) is 4.66. The Morgan fingerprint density at radius 2 is 2.11 bits per heavy atom. The quantitative estimate of drug-likeness (QED) is 0.721. The van der Waals surface area contributed by atoms with Crippen LogP contribution in [0.5, 0.6) is 0 Å². The lowest BCUT2D eigenvalue weighted by Crippen LogP contribution is -1.90. The third kappa shape index (κ3) is 2.25. The highest BCUT2D eigenvalue weighted by Gasteiger charge is 2.13. The van der Waals surface area contributed by atoms with Gasteiger partial charge in [0.2, 0.25) is 5.82 Å². The van der Waals surface area contributed by atoms with Gasteiger partial charge in [0.15, 0.2) is 0 Å². The van der Waals surface area contributed by atoms with Crippen molar-refractivity contribution in [1.29, 1.82) is 0 Å². The van der Waals surface area contributed by atoms with Gasteiger partial charge in [-0.15, -0.1) is 0 Å². The van der Waals surface area contributed by atoms with Crippen molar-refractivity contribution in [2.75, 3.05) is 5.73 Å². The van der Waals surface area contributed by atoms with Gasteiger partial charge in [-0.3, -0.25) is 0 Å². The van der Waals surface area contributed by atoms with Crippen LogP contribution in [0, 0.1) is 0 Å². The number of halogens is 1. The molecule has 2 aromatic heterocycles. The molecular formula is C12H8ClN5O. The zero-order valence-electron chi connectivity index (χ0n) is 9.62. The van der Waals surface area contributed by atoms with Crippen LogP contribution in [0.25, 0.3) is 23.0 Å². The summed E-state index contributed by atoms with van der Waals surface area (Å²) >= 11 is 5.84. The topological polar surface area (TPSA) is 90.7 Å². The Kier molecular flexibility index (Phi) is 2.85. The Hall–Kier alpha value is -2.47. The van der Waals surface area contributed by atoms with Crippen molar-refractivity contribution in [2.24, 2.45) is 0 Å². The maximum atomic E-state index is 5.86. The summed E-state index contributed by atoms with van der Waals surface area (Å²) in [4.78, 5) is 12.1. The van der Waals surface area contributed by atoms with Crippen molar-refractivity contribution in [3.8, 4) is 23.0 Å². The predicted octanol–water partition coefficient (Wildman–Crippen LogP) is 2.43. The van der Waals surface area contributed by atoms with Crippen LogP contribution in [0.15, 0.2) is 41.3 Å². The van der Waals surface area contributed by atoms with Crippen LogP contribution in [-0.4, -0.2) is 20.1 Å². The van der Waals surface area contributed by atoms with Gasteiger partial charge in [0.05, 0.1) is 5.56 Å². The first kappa shape index (κ1) is 11.6. The zero-order valence-corrected chi connectivity index (χ0v) is 10.4. The Morgan fingerprint density at radius 1 is 1.21 bits per heavy atom. The summed E-state index contributed by atoms with van der Waals surface area (Å²) in [6, 6.07) is 6.77. The highest BCUT2D eigenvalue weighted by molar-refractivity contribution is 6.31. The molecule has 2 N–H and O–H groups in total. The predicted molar refractivity (Wildman–Crippen MR) is 70.2 cm³/mol. The minimum Gasteiger partial charge on any atom is -0.398 e. The van der Waals surface area contributed by atoms with Crippen LogP contribution in [0.4, 0.5) is 5.69 Å². The van der Waals surface area contributed by atoms with Gasteiger partial charge in [-0.2, -0.15) is 4.98 Å². The summed E-state index contributed by atoms with van der Waals surface area (Å²) in [5.41, 5.74) is 7.56.